The second kappa shape index (κ2) is 3.84. The second-order valence-electron chi connectivity index (χ2n) is 3.67. The van der Waals surface area contributed by atoms with E-state index in [4.69, 9.17) is 4.42 Å². The highest BCUT2D eigenvalue weighted by Gasteiger charge is 2.35. The van der Waals surface area contributed by atoms with Crippen LogP contribution in [0.15, 0.2) is 40.3 Å². The molecule has 3 rings (SSSR count). The minimum absolute atomic E-state index is 0.179. The lowest BCUT2D eigenvalue weighted by atomic mass is 10.1. The van der Waals surface area contributed by atoms with Gasteiger partial charge in [0.1, 0.15) is 5.76 Å². The molecule has 0 unspecified atom stereocenters. The number of nitrogens with zero attached hydrogens (tertiary/aromatic N) is 1. The van der Waals surface area contributed by atoms with Gasteiger partial charge in [0.15, 0.2) is 0 Å². The molecule has 18 heavy (non-hydrogen) atoms. The van der Waals surface area contributed by atoms with Crippen LogP contribution in [0.5, 0.6) is 0 Å². The summed E-state index contributed by atoms with van der Waals surface area (Å²) in [6, 6.07) is 7.58. The van der Waals surface area contributed by atoms with E-state index in [1.54, 1.807) is 17.6 Å². The Morgan fingerprint density at radius 1 is 1.11 bits per heavy atom. The fourth-order valence-corrected chi connectivity index (χ4v) is 2.42. The van der Waals surface area contributed by atoms with Gasteiger partial charge in [0.05, 0.1) is 15.7 Å². The van der Waals surface area contributed by atoms with E-state index in [0.717, 1.165) is 10.8 Å². The van der Waals surface area contributed by atoms with Gasteiger partial charge in [-0.15, -0.1) is 11.3 Å². The fraction of sp³-hybridized carbons (Fsp3) is 0.0833. The molecule has 0 spiro atoms. The number of aromatic nitrogens is 1. The number of furan rings is 1. The third-order valence-corrected chi connectivity index (χ3v) is 3.31. The van der Waals surface area contributed by atoms with Crippen molar-refractivity contribution in [3.8, 4) is 11.3 Å². The molecular formula is C12H6F3NOS. The lowest BCUT2D eigenvalue weighted by Crippen LogP contribution is -2.01. The average molecular weight is 269 g/mol. The molecule has 92 valence electrons. The van der Waals surface area contributed by atoms with Gasteiger partial charge < -0.3 is 4.42 Å². The molecule has 2 nitrogen and oxygen atoms in total. The third-order valence-electron chi connectivity index (χ3n) is 2.51. The number of alkyl halides is 3. The Hall–Kier alpha value is -1.82. The fourth-order valence-electron chi connectivity index (χ4n) is 1.72. The van der Waals surface area contributed by atoms with Gasteiger partial charge in [-0.3, -0.25) is 0 Å². The van der Waals surface area contributed by atoms with Crippen LogP contribution < -0.4 is 0 Å². The summed E-state index contributed by atoms with van der Waals surface area (Å²) in [4.78, 5) is 4.14. The van der Waals surface area contributed by atoms with E-state index in [-0.39, 0.29) is 5.76 Å². The van der Waals surface area contributed by atoms with Crippen molar-refractivity contribution in [3.05, 3.63) is 41.6 Å². The molecular weight excluding hydrogens is 263 g/mol. The SMILES string of the molecule is FC(F)(F)c1ccc(-c2cccc3scnc23)o1. The quantitative estimate of drug-likeness (QED) is 0.646. The number of fused-ring (bicyclic) bond motifs is 1. The highest BCUT2D eigenvalue weighted by Crippen LogP contribution is 2.36. The molecule has 2 heterocycles. The molecule has 0 N–H and O–H groups in total. The van der Waals surface area contributed by atoms with Gasteiger partial charge in [-0.25, -0.2) is 4.98 Å². The summed E-state index contributed by atoms with van der Waals surface area (Å²) in [6.45, 7) is 0. The standard InChI is InChI=1S/C12H6F3NOS/c13-12(14,15)10-5-4-8(17-10)7-2-1-3-9-11(7)16-6-18-9/h1-6H. The van der Waals surface area contributed by atoms with Crippen molar-refractivity contribution in [2.24, 2.45) is 0 Å². The Morgan fingerprint density at radius 2 is 1.94 bits per heavy atom. The van der Waals surface area contributed by atoms with E-state index in [1.165, 1.54) is 17.4 Å². The lowest BCUT2D eigenvalue weighted by molar-refractivity contribution is -0.152. The van der Waals surface area contributed by atoms with Crippen LogP contribution in [0.4, 0.5) is 13.2 Å². The Kier molecular flexibility index (Phi) is 2.41. The Morgan fingerprint density at radius 3 is 2.67 bits per heavy atom. The first-order valence-corrected chi connectivity index (χ1v) is 5.93. The Labute approximate surface area is 104 Å². The topological polar surface area (TPSA) is 26.0 Å². The van der Waals surface area contributed by atoms with E-state index >= 15 is 0 Å². The Bertz CT molecular complexity index is 698. The third kappa shape index (κ3) is 1.78. The molecule has 0 atom stereocenters. The maximum Gasteiger partial charge on any atom is 0.449 e. The van der Waals surface area contributed by atoms with Crippen LogP contribution in [0.25, 0.3) is 21.5 Å². The van der Waals surface area contributed by atoms with Crippen molar-refractivity contribution in [1.82, 2.24) is 4.98 Å². The highest BCUT2D eigenvalue weighted by atomic mass is 32.1. The minimum Gasteiger partial charge on any atom is -0.451 e. The van der Waals surface area contributed by atoms with Crippen LogP contribution in [-0.4, -0.2) is 4.98 Å². The van der Waals surface area contributed by atoms with Crippen molar-refractivity contribution < 1.29 is 17.6 Å². The van der Waals surface area contributed by atoms with Crippen LogP contribution >= 0.6 is 11.3 Å². The molecule has 0 aliphatic carbocycles. The molecule has 1 aromatic carbocycles. The molecule has 0 saturated heterocycles. The van der Waals surface area contributed by atoms with Gasteiger partial charge in [-0.2, -0.15) is 13.2 Å². The first-order chi connectivity index (χ1) is 8.55. The number of rotatable bonds is 1. The molecule has 3 aromatic rings. The first-order valence-electron chi connectivity index (χ1n) is 5.05. The van der Waals surface area contributed by atoms with Crippen molar-refractivity contribution in [2.45, 2.75) is 6.18 Å². The van der Waals surface area contributed by atoms with Crippen LogP contribution in [0.1, 0.15) is 5.76 Å². The van der Waals surface area contributed by atoms with Gasteiger partial charge in [-0.1, -0.05) is 6.07 Å². The summed E-state index contributed by atoms with van der Waals surface area (Å²) < 4.78 is 43.2. The summed E-state index contributed by atoms with van der Waals surface area (Å²) >= 11 is 1.43. The van der Waals surface area contributed by atoms with E-state index < -0.39 is 11.9 Å². The summed E-state index contributed by atoms with van der Waals surface area (Å²) in [5.41, 5.74) is 2.89. The average Bonchev–Trinajstić information content (AvgIpc) is 2.96. The molecule has 0 aliphatic rings. The predicted molar refractivity (Wildman–Crippen MR) is 62.3 cm³/mol. The zero-order valence-corrected chi connectivity index (χ0v) is 9.68. The first kappa shape index (κ1) is 11.3. The van der Waals surface area contributed by atoms with Gasteiger partial charge in [0, 0.05) is 5.56 Å². The van der Waals surface area contributed by atoms with E-state index in [0.29, 0.717) is 11.1 Å². The molecule has 2 aromatic heterocycles. The number of thiazole rings is 1. The number of para-hydroxylation sites is 1. The lowest BCUT2D eigenvalue weighted by Gasteiger charge is -2.01. The molecule has 6 heteroatoms. The van der Waals surface area contributed by atoms with E-state index in [9.17, 15) is 13.2 Å². The van der Waals surface area contributed by atoms with Crippen LogP contribution in [0.2, 0.25) is 0 Å². The van der Waals surface area contributed by atoms with Crippen molar-refractivity contribution in [1.29, 1.82) is 0 Å². The Balaban J connectivity index is 2.15. The molecule has 0 saturated carbocycles. The molecule has 0 aliphatic heterocycles. The second-order valence-corrected chi connectivity index (χ2v) is 4.55. The highest BCUT2D eigenvalue weighted by molar-refractivity contribution is 7.16. The van der Waals surface area contributed by atoms with Crippen LogP contribution in [0.3, 0.4) is 0 Å². The smallest absolute Gasteiger partial charge is 0.449 e. The minimum atomic E-state index is -4.46. The maximum atomic E-state index is 12.5. The largest absolute Gasteiger partial charge is 0.451 e. The van der Waals surface area contributed by atoms with Crippen molar-refractivity contribution in [3.63, 3.8) is 0 Å². The maximum absolute atomic E-state index is 12.5. The molecule has 0 amide bonds. The van der Waals surface area contributed by atoms with E-state index in [2.05, 4.69) is 4.98 Å². The molecule has 0 fully saturated rings. The monoisotopic (exact) mass is 269 g/mol. The summed E-state index contributed by atoms with van der Waals surface area (Å²) in [5, 5.41) is 0. The van der Waals surface area contributed by atoms with Crippen molar-refractivity contribution in [2.75, 3.05) is 0 Å². The summed E-state index contributed by atoms with van der Waals surface area (Å²) in [6.07, 6.45) is -4.46. The van der Waals surface area contributed by atoms with Crippen LogP contribution in [0, 0.1) is 0 Å². The van der Waals surface area contributed by atoms with E-state index in [1.807, 2.05) is 6.07 Å². The molecule has 0 bridgehead atoms. The van der Waals surface area contributed by atoms with Crippen LogP contribution in [-0.2, 0) is 6.18 Å². The normalized spacial score (nSPS) is 12.2. The number of benzene rings is 1. The van der Waals surface area contributed by atoms with Gasteiger partial charge >= 0.3 is 6.18 Å². The number of hydrogen-bond acceptors (Lipinski definition) is 3. The number of hydrogen-bond donors (Lipinski definition) is 0. The summed E-state index contributed by atoms with van der Waals surface area (Å²) in [5.74, 6) is -0.816. The predicted octanol–water partition coefficient (Wildman–Crippen LogP) is 4.58. The molecule has 0 radical (unpaired) electrons. The zero-order valence-electron chi connectivity index (χ0n) is 8.86. The van der Waals surface area contributed by atoms with Gasteiger partial charge in [0.2, 0.25) is 5.76 Å². The van der Waals surface area contributed by atoms with Crippen molar-refractivity contribution >= 4 is 21.6 Å². The number of halogens is 3. The van der Waals surface area contributed by atoms with Gasteiger partial charge in [0.25, 0.3) is 0 Å². The van der Waals surface area contributed by atoms with Gasteiger partial charge in [-0.05, 0) is 24.3 Å². The summed E-state index contributed by atoms with van der Waals surface area (Å²) in [7, 11) is 0. The zero-order chi connectivity index (χ0) is 12.8.